The van der Waals surface area contributed by atoms with E-state index in [4.69, 9.17) is 4.42 Å². The number of hydrogen-bond acceptors (Lipinski definition) is 4. The summed E-state index contributed by atoms with van der Waals surface area (Å²) in [6.45, 7) is 2.74. The summed E-state index contributed by atoms with van der Waals surface area (Å²) in [4.78, 5) is 13.6. The van der Waals surface area contributed by atoms with Crippen LogP contribution in [0.5, 0.6) is 0 Å². The lowest BCUT2D eigenvalue weighted by molar-refractivity contribution is 0.201. The van der Waals surface area contributed by atoms with Crippen molar-refractivity contribution >= 4 is 26.8 Å². The Kier molecular flexibility index (Phi) is 3.82. The molecule has 0 spiro atoms. The number of hydrogen-bond donors (Lipinski definition) is 1. The number of nitrogens with zero attached hydrogens (tertiary/aromatic N) is 1. The van der Waals surface area contributed by atoms with Gasteiger partial charge in [-0.25, -0.2) is 13.2 Å². The molecule has 1 saturated heterocycles. The zero-order chi connectivity index (χ0) is 15.7. The molecule has 1 aliphatic rings. The number of urea groups is 1. The van der Waals surface area contributed by atoms with Crippen molar-refractivity contribution in [2.24, 2.45) is 0 Å². The van der Waals surface area contributed by atoms with Crippen molar-refractivity contribution in [3.8, 4) is 0 Å². The summed E-state index contributed by atoms with van der Waals surface area (Å²) in [6.07, 6.45) is 0. The normalized spacial score (nSPS) is 17.6. The first-order chi connectivity index (χ1) is 10.5. The highest BCUT2D eigenvalue weighted by atomic mass is 32.2. The van der Waals surface area contributed by atoms with E-state index in [2.05, 4.69) is 5.32 Å². The van der Waals surface area contributed by atoms with Crippen molar-refractivity contribution in [2.45, 2.75) is 13.5 Å². The third-order valence-electron chi connectivity index (χ3n) is 3.97. The Morgan fingerprint density at radius 3 is 2.64 bits per heavy atom. The van der Waals surface area contributed by atoms with Crippen LogP contribution in [0.4, 0.5) is 4.79 Å². The minimum atomic E-state index is -2.98. The van der Waals surface area contributed by atoms with Gasteiger partial charge in [0.1, 0.15) is 11.3 Å². The van der Waals surface area contributed by atoms with Crippen LogP contribution in [0.25, 0.3) is 11.0 Å². The minimum absolute atomic E-state index is 0.0318. The van der Waals surface area contributed by atoms with Crippen molar-refractivity contribution in [1.29, 1.82) is 0 Å². The predicted octanol–water partition coefficient (Wildman–Crippen LogP) is 1.68. The lowest BCUT2D eigenvalue weighted by Gasteiger charge is -2.26. The quantitative estimate of drug-likeness (QED) is 0.912. The maximum atomic E-state index is 12.1. The number of carbonyl (C=O) groups excluding carboxylic acids is 1. The third kappa shape index (κ3) is 2.94. The van der Waals surface area contributed by atoms with Gasteiger partial charge in [0.15, 0.2) is 9.84 Å². The number of furan rings is 1. The van der Waals surface area contributed by atoms with E-state index in [1.165, 1.54) is 4.90 Å². The fraction of sp³-hybridized carbons (Fsp3) is 0.400. The molecule has 0 radical (unpaired) electrons. The number of rotatable bonds is 2. The highest BCUT2D eigenvalue weighted by Gasteiger charge is 2.25. The first-order valence-corrected chi connectivity index (χ1v) is 8.98. The van der Waals surface area contributed by atoms with Crippen LogP contribution < -0.4 is 5.32 Å². The fourth-order valence-electron chi connectivity index (χ4n) is 2.58. The van der Waals surface area contributed by atoms with Crippen LogP contribution in [0.2, 0.25) is 0 Å². The average Bonchev–Trinajstić information content (AvgIpc) is 2.82. The molecule has 1 aliphatic heterocycles. The summed E-state index contributed by atoms with van der Waals surface area (Å²) < 4.78 is 28.5. The van der Waals surface area contributed by atoms with Gasteiger partial charge in [-0.15, -0.1) is 0 Å². The Hall–Kier alpha value is -2.02. The van der Waals surface area contributed by atoms with Crippen LogP contribution in [-0.4, -0.2) is 43.9 Å². The third-order valence-corrected chi connectivity index (χ3v) is 5.58. The Morgan fingerprint density at radius 2 is 1.95 bits per heavy atom. The Bertz CT molecular complexity index is 796. The molecule has 3 rings (SSSR count). The van der Waals surface area contributed by atoms with E-state index < -0.39 is 9.84 Å². The molecule has 1 aromatic carbocycles. The van der Waals surface area contributed by atoms with Gasteiger partial charge in [-0.1, -0.05) is 18.2 Å². The second kappa shape index (κ2) is 5.64. The summed E-state index contributed by atoms with van der Waals surface area (Å²) in [6, 6.07) is 7.47. The first kappa shape index (κ1) is 14.9. The molecule has 1 N–H and O–H groups in total. The number of carbonyl (C=O) groups is 1. The maximum Gasteiger partial charge on any atom is 0.317 e. The fourth-order valence-corrected chi connectivity index (χ4v) is 3.78. The molecular formula is C15H18N2O4S. The van der Waals surface area contributed by atoms with E-state index in [9.17, 15) is 13.2 Å². The highest BCUT2D eigenvalue weighted by molar-refractivity contribution is 7.91. The lowest BCUT2D eigenvalue weighted by Crippen LogP contribution is -2.48. The summed E-state index contributed by atoms with van der Waals surface area (Å²) in [5.74, 6) is 0.785. The highest BCUT2D eigenvalue weighted by Crippen LogP contribution is 2.24. The molecular weight excluding hydrogens is 304 g/mol. The lowest BCUT2D eigenvalue weighted by atomic mass is 10.1. The van der Waals surface area contributed by atoms with Gasteiger partial charge in [-0.05, 0) is 13.0 Å². The smallest absolute Gasteiger partial charge is 0.317 e. The molecule has 0 aliphatic carbocycles. The van der Waals surface area contributed by atoms with Gasteiger partial charge in [-0.3, -0.25) is 0 Å². The molecule has 0 unspecified atom stereocenters. The van der Waals surface area contributed by atoms with Crippen molar-refractivity contribution in [2.75, 3.05) is 24.6 Å². The molecule has 1 fully saturated rings. The summed E-state index contributed by atoms with van der Waals surface area (Å²) in [7, 11) is -2.98. The molecule has 0 bridgehead atoms. The number of aryl methyl sites for hydroxylation is 1. The molecule has 2 heterocycles. The van der Waals surface area contributed by atoms with Gasteiger partial charge < -0.3 is 14.6 Å². The first-order valence-electron chi connectivity index (χ1n) is 7.16. The van der Waals surface area contributed by atoms with Crippen LogP contribution in [0.15, 0.2) is 28.7 Å². The summed E-state index contributed by atoms with van der Waals surface area (Å²) >= 11 is 0. The molecule has 118 valence electrons. The van der Waals surface area contributed by atoms with E-state index in [1.54, 1.807) is 0 Å². The standard InChI is InChI=1S/C15H18N2O4S/c1-11-12-4-2-3-5-13(12)21-14(11)10-16-15(18)17-6-8-22(19,20)9-7-17/h2-5H,6-10H2,1H3,(H,16,18). The van der Waals surface area contributed by atoms with Gasteiger partial charge >= 0.3 is 6.03 Å². The number of fused-ring (bicyclic) bond motifs is 1. The maximum absolute atomic E-state index is 12.1. The molecule has 0 atom stereocenters. The number of para-hydroxylation sites is 1. The van der Waals surface area contributed by atoms with Gasteiger partial charge in [-0.2, -0.15) is 0 Å². The van der Waals surface area contributed by atoms with Crippen molar-refractivity contribution in [3.63, 3.8) is 0 Å². The van der Waals surface area contributed by atoms with E-state index in [0.717, 1.165) is 22.3 Å². The van der Waals surface area contributed by atoms with Gasteiger partial charge in [0.2, 0.25) is 0 Å². The van der Waals surface area contributed by atoms with Crippen molar-refractivity contribution < 1.29 is 17.6 Å². The number of nitrogens with one attached hydrogen (secondary N) is 1. The zero-order valence-corrected chi connectivity index (χ0v) is 13.1. The largest absolute Gasteiger partial charge is 0.459 e. The van der Waals surface area contributed by atoms with E-state index in [0.29, 0.717) is 6.54 Å². The van der Waals surface area contributed by atoms with Gasteiger partial charge in [0.25, 0.3) is 0 Å². The number of benzene rings is 1. The van der Waals surface area contributed by atoms with E-state index in [1.807, 2.05) is 31.2 Å². The minimum Gasteiger partial charge on any atom is -0.459 e. The van der Waals surface area contributed by atoms with Gasteiger partial charge in [0.05, 0.1) is 18.1 Å². The predicted molar refractivity (Wildman–Crippen MR) is 83.4 cm³/mol. The summed E-state index contributed by atoms with van der Waals surface area (Å²) in [5.41, 5.74) is 1.81. The Morgan fingerprint density at radius 1 is 1.27 bits per heavy atom. The summed E-state index contributed by atoms with van der Waals surface area (Å²) in [5, 5.41) is 3.83. The topological polar surface area (TPSA) is 79.6 Å². The zero-order valence-electron chi connectivity index (χ0n) is 12.3. The number of sulfone groups is 1. The number of amides is 2. The Labute approximate surface area is 129 Å². The molecule has 6 nitrogen and oxygen atoms in total. The van der Waals surface area contributed by atoms with Crippen LogP contribution in [0, 0.1) is 6.92 Å². The molecule has 1 aromatic heterocycles. The van der Waals surface area contributed by atoms with Gasteiger partial charge in [0, 0.05) is 24.0 Å². The van der Waals surface area contributed by atoms with Crippen LogP contribution in [0.1, 0.15) is 11.3 Å². The monoisotopic (exact) mass is 322 g/mol. The Balaban J connectivity index is 1.64. The van der Waals surface area contributed by atoms with Crippen LogP contribution >= 0.6 is 0 Å². The van der Waals surface area contributed by atoms with Crippen LogP contribution in [0.3, 0.4) is 0 Å². The molecule has 0 saturated carbocycles. The van der Waals surface area contributed by atoms with Crippen LogP contribution in [-0.2, 0) is 16.4 Å². The second-order valence-corrected chi connectivity index (χ2v) is 7.75. The molecule has 7 heteroatoms. The van der Waals surface area contributed by atoms with E-state index >= 15 is 0 Å². The molecule has 2 amide bonds. The average molecular weight is 322 g/mol. The van der Waals surface area contributed by atoms with Crippen molar-refractivity contribution in [3.05, 3.63) is 35.6 Å². The van der Waals surface area contributed by atoms with E-state index in [-0.39, 0.29) is 30.6 Å². The second-order valence-electron chi connectivity index (χ2n) is 5.44. The molecule has 22 heavy (non-hydrogen) atoms. The van der Waals surface area contributed by atoms with Crippen molar-refractivity contribution in [1.82, 2.24) is 10.2 Å². The SMILES string of the molecule is Cc1c(CNC(=O)N2CCS(=O)(=O)CC2)oc2ccccc12. The molecule has 2 aromatic rings.